The van der Waals surface area contributed by atoms with Crippen LogP contribution in [-0.2, 0) is 17.6 Å². The summed E-state index contributed by atoms with van der Waals surface area (Å²) in [6.45, 7) is 0. The molecule has 1 atom stereocenters. The molecule has 5 nitrogen and oxygen atoms in total. The first-order valence-electron chi connectivity index (χ1n) is 4.53. The van der Waals surface area contributed by atoms with Crippen LogP contribution in [0.3, 0.4) is 0 Å². The van der Waals surface area contributed by atoms with E-state index in [1.54, 1.807) is 0 Å². The summed E-state index contributed by atoms with van der Waals surface area (Å²) >= 11 is 0. The highest BCUT2D eigenvalue weighted by Crippen LogP contribution is 2.21. The Morgan fingerprint density at radius 2 is 2.43 bits per heavy atom. The molecule has 1 aliphatic carbocycles. The lowest BCUT2D eigenvalue weighted by atomic mass is 9.86. The minimum absolute atomic E-state index is 0.147. The van der Waals surface area contributed by atoms with E-state index < -0.39 is 0 Å². The summed E-state index contributed by atoms with van der Waals surface area (Å²) in [5.74, 6) is -0.443. The largest absolute Gasteiger partial charge is 0.369 e. The van der Waals surface area contributed by atoms with Gasteiger partial charge in [-0.05, 0) is 24.8 Å². The summed E-state index contributed by atoms with van der Waals surface area (Å²) in [7, 11) is 0. The molecule has 0 unspecified atom stereocenters. The maximum atomic E-state index is 11.0. The second-order valence-electron chi connectivity index (χ2n) is 3.55. The van der Waals surface area contributed by atoms with Gasteiger partial charge in [0.15, 0.2) is 0 Å². The second kappa shape index (κ2) is 3.25. The number of fused-ring (bicyclic) bond motifs is 1. The van der Waals surface area contributed by atoms with Gasteiger partial charge in [0, 0.05) is 12.0 Å². The molecule has 0 saturated heterocycles. The van der Waals surface area contributed by atoms with Crippen molar-refractivity contribution in [2.45, 2.75) is 19.3 Å². The molecule has 0 aliphatic heterocycles. The van der Waals surface area contributed by atoms with Crippen LogP contribution in [0.1, 0.15) is 17.7 Å². The molecule has 0 spiro atoms. The number of aryl methyl sites for hydroxylation is 1. The normalized spacial score (nSPS) is 20.1. The van der Waals surface area contributed by atoms with Crippen LogP contribution >= 0.6 is 0 Å². The first-order valence-corrected chi connectivity index (χ1v) is 4.53. The van der Waals surface area contributed by atoms with Gasteiger partial charge in [-0.25, -0.2) is 5.10 Å². The lowest BCUT2D eigenvalue weighted by Gasteiger charge is -2.20. The van der Waals surface area contributed by atoms with Gasteiger partial charge in [-0.1, -0.05) is 0 Å². The Labute approximate surface area is 80.3 Å². The second-order valence-corrected chi connectivity index (χ2v) is 3.55. The average Bonchev–Trinajstić information content (AvgIpc) is 2.16. The van der Waals surface area contributed by atoms with E-state index in [2.05, 4.69) is 10.2 Å². The van der Waals surface area contributed by atoms with Crippen LogP contribution in [0.5, 0.6) is 0 Å². The molecule has 0 saturated carbocycles. The smallest absolute Gasteiger partial charge is 0.264 e. The predicted octanol–water partition coefficient (Wildman–Crippen LogP) is -0.640. The number of nitrogens with zero attached hydrogens (tertiary/aromatic N) is 1. The molecule has 0 bridgehead atoms. The minimum Gasteiger partial charge on any atom is -0.369 e. The number of hydrogen-bond donors (Lipinski definition) is 2. The third-order valence-electron chi connectivity index (χ3n) is 2.58. The molecule has 0 radical (unpaired) electrons. The Morgan fingerprint density at radius 3 is 3.14 bits per heavy atom. The predicted molar refractivity (Wildman–Crippen MR) is 49.6 cm³/mol. The van der Waals surface area contributed by atoms with Crippen molar-refractivity contribution in [3.63, 3.8) is 0 Å². The van der Waals surface area contributed by atoms with Crippen molar-refractivity contribution in [3.8, 4) is 0 Å². The van der Waals surface area contributed by atoms with Gasteiger partial charge in [0.05, 0.1) is 5.69 Å². The molecule has 1 heterocycles. The number of rotatable bonds is 1. The average molecular weight is 193 g/mol. The van der Waals surface area contributed by atoms with Crippen LogP contribution in [0, 0.1) is 5.92 Å². The van der Waals surface area contributed by atoms with E-state index >= 15 is 0 Å². The van der Waals surface area contributed by atoms with E-state index in [0.29, 0.717) is 12.8 Å². The number of aromatic nitrogens is 2. The molecular weight excluding hydrogens is 182 g/mol. The third-order valence-corrected chi connectivity index (χ3v) is 2.58. The van der Waals surface area contributed by atoms with Crippen LogP contribution in [-0.4, -0.2) is 16.1 Å². The lowest BCUT2D eigenvalue weighted by molar-refractivity contribution is -0.122. The summed E-state index contributed by atoms with van der Waals surface area (Å²) < 4.78 is 0. The molecule has 1 aromatic rings. The van der Waals surface area contributed by atoms with Crippen molar-refractivity contribution in [3.05, 3.63) is 27.7 Å². The number of nitrogens with one attached hydrogen (secondary N) is 1. The Balaban J connectivity index is 2.33. The van der Waals surface area contributed by atoms with Crippen LogP contribution in [0.2, 0.25) is 0 Å². The molecule has 74 valence electrons. The molecule has 0 aromatic carbocycles. The number of carbonyl (C=O) groups is 1. The fraction of sp³-hybridized carbons (Fsp3) is 0.444. The van der Waals surface area contributed by atoms with Crippen LogP contribution in [0.25, 0.3) is 0 Å². The monoisotopic (exact) mass is 193 g/mol. The van der Waals surface area contributed by atoms with Crippen molar-refractivity contribution in [2.75, 3.05) is 0 Å². The van der Waals surface area contributed by atoms with Crippen molar-refractivity contribution < 1.29 is 4.79 Å². The first-order chi connectivity index (χ1) is 6.66. The SMILES string of the molecule is NC(=O)[C@@H]1CCc2n[nH]c(=O)cc2C1. The highest BCUT2D eigenvalue weighted by atomic mass is 16.1. The van der Waals surface area contributed by atoms with E-state index in [4.69, 9.17) is 5.73 Å². The molecule has 0 fully saturated rings. The number of hydrogen-bond acceptors (Lipinski definition) is 3. The third kappa shape index (κ3) is 1.53. The van der Waals surface area contributed by atoms with Gasteiger partial charge in [0.1, 0.15) is 0 Å². The Hall–Kier alpha value is -1.65. The number of H-pyrrole nitrogens is 1. The first kappa shape index (κ1) is 8.93. The number of primary amides is 1. The summed E-state index contributed by atoms with van der Waals surface area (Å²) in [6, 6.07) is 1.50. The summed E-state index contributed by atoms with van der Waals surface area (Å²) in [5.41, 5.74) is 6.72. The highest BCUT2D eigenvalue weighted by Gasteiger charge is 2.23. The number of carbonyl (C=O) groups excluding carboxylic acids is 1. The van der Waals surface area contributed by atoms with Gasteiger partial charge < -0.3 is 5.73 Å². The van der Waals surface area contributed by atoms with Crippen molar-refractivity contribution >= 4 is 5.91 Å². The maximum absolute atomic E-state index is 11.0. The molecule has 14 heavy (non-hydrogen) atoms. The zero-order chi connectivity index (χ0) is 10.1. The zero-order valence-electron chi connectivity index (χ0n) is 7.62. The fourth-order valence-corrected chi connectivity index (χ4v) is 1.78. The van der Waals surface area contributed by atoms with E-state index in [9.17, 15) is 9.59 Å². The maximum Gasteiger partial charge on any atom is 0.264 e. The highest BCUT2D eigenvalue weighted by molar-refractivity contribution is 5.77. The van der Waals surface area contributed by atoms with Crippen LogP contribution < -0.4 is 11.3 Å². The lowest BCUT2D eigenvalue weighted by Crippen LogP contribution is -2.30. The van der Waals surface area contributed by atoms with Crippen molar-refractivity contribution in [2.24, 2.45) is 11.7 Å². The van der Waals surface area contributed by atoms with E-state index in [1.807, 2.05) is 0 Å². The molecule has 2 rings (SSSR count). The minimum atomic E-state index is -0.295. The Bertz CT molecular complexity index is 424. The van der Waals surface area contributed by atoms with Gasteiger partial charge in [-0.15, -0.1) is 0 Å². The van der Waals surface area contributed by atoms with Crippen molar-refractivity contribution in [1.29, 1.82) is 0 Å². The molecule has 3 N–H and O–H groups in total. The van der Waals surface area contributed by atoms with E-state index in [1.165, 1.54) is 6.07 Å². The summed E-state index contributed by atoms with van der Waals surface area (Å²) in [4.78, 5) is 21.9. The van der Waals surface area contributed by atoms with E-state index in [0.717, 1.165) is 17.7 Å². The summed E-state index contributed by atoms with van der Waals surface area (Å²) in [6.07, 6.45) is 1.97. The van der Waals surface area contributed by atoms with Crippen LogP contribution in [0.4, 0.5) is 0 Å². The van der Waals surface area contributed by atoms with E-state index in [-0.39, 0.29) is 17.4 Å². The van der Waals surface area contributed by atoms with Crippen LogP contribution in [0.15, 0.2) is 10.9 Å². The number of amides is 1. The molecule has 1 aromatic heterocycles. The van der Waals surface area contributed by atoms with Gasteiger partial charge in [0.2, 0.25) is 5.91 Å². The topological polar surface area (TPSA) is 88.8 Å². The molecule has 1 amide bonds. The summed E-state index contributed by atoms with van der Waals surface area (Å²) in [5, 5.41) is 6.30. The molecule has 1 aliphatic rings. The number of aromatic amines is 1. The quantitative estimate of drug-likeness (QED) is 0.621. The number of nitrogens with two attached hydrogens (primary N) is 1. The van der Waals surface area contributed by atoms with Gasteiger partial charge >= 0.3 is 0 Å². The standard InChI is InChI=1S/C9H11N3O2/c10-9(14)5-1-2-7-6(3-5)4-8(13)12-11-7/h4-5H,1-3H2,(H2,10,14)(H,12,13)/t5-/m1/s1. The zero-order valence-corrected chi connectivity index (χ0v) is 7.62. The van der Waals surface area contributed by atoms with Gasteiger partial charge in [0.25, 0.3) is 5.56 Å². The Kier molecular flexibility index (Phi) is 2.07. The molecular formula is C9H11N3O2. The Morgan fingerprint density at radius 1 is 1.64 bits per heavy atom. The van der Waals surface area contributed by atoms with Gasteiger partial charge in [-0.2, -0.15) is 5.10 Å². The fourth-order valence-electron chi connectivity index (χ4n) is 1.78. The molecule has 5 heteroatoms. The van der Waals surface area contributed by atoms with Gasteiger partial charge in [-0.3, -0.25) is 9.59 Å². The van der Waals surface area contributed by atoms with Crippen molar-refractivity contribution in [1.82, 2.24) is 10.2 Å².